The van der Waals surface area contributed by atoms with Gasteiger partial charge in [0, 0.05) is 23.9 Å². The first-order valence-corrected chi connectivity index (χ1v) is 8.97. The molecule has 2 aromatic rings. The highest BCUT2D eigenvalue weighted by atomic mass is 16.5. The number of hydrogen-bond acceptors (Lipinski definition) is 4. The number of carbonyl (C=O) groups is 1. The Labute approximate surface area is 154 Å². The molecule has 138 valence electrons. The van der Waals surface area contributed by atoms with Gasteiger partial charge >= 0.3 is 0 Å². The summed E-state index contributed by atoms with van der Waals surface area (Å²) >= 11 is 0. The Morgan fingerprint density at radius 2 is 1.92 bits per heavy atom. The lowest BCUT2D eigenvalue weighted by Gasteiger charge is -2.18. The zero-order valence-electron chi connectivity index (χ0n) is 15.6. The van der Waals surface area contributed by atoms with Crippen molar-refractivity contribution in [2.75, 3.05) is 24.3 Å². The van der Waals surface area contributed by atoms with Gasteiger partial charge in [-0.2, -0.15) is 0 Å². The monoisotopic (exact) mass is 354 g/mol. The molecule has 2 aromatic carbocycles. The molecule has 1 heterocycles. The molecule has 1 aliphatic heterocycles. The first kappa shape index (κ1) is 18.3. The minimum atomic E-state index is -0.928. The Kier molecular flexibility index (Phi) is 5.18. The van der Waals surface area contributed by atoms with Crippen molar-refractivity contribution in [3.63, 3.8) is 0 Å². The van der Waals surface area contributed by atoms with E-state index >= 15 is 0 Å². The van der Waals surface area contributed by atoms with E-state index in [1.165, 1.54) is 5.56 Å². The molecule has 5 nitrogen and oxygen atoms in total. The number of hydrogen-bond donors (Lipinski definition) is 3. The number of carbonyl (C=O) groups excluding carboxylic acids is 1. The van der Waals surface area contributed by atoms with Crippen LogP contribution in [0.5, 0.6) is 5.75 Å². The summed E-state index contributed by atoms with van der Waals surface area (Å²) in [6.45, 7) is 4.39. The van der Waals surface area contributed by atoms with E-state index in [-0.39, 0.29) is 5.91 Å². The van der Waals surface area contributed by atoms with Crippen LogP contribution in [0.15, 0.2) is 36.4 Å². The van der Waals surface area contributed by atoms with Crippen molar-refractivity contribution in [1.29, 1.82) is 0 Å². The number of anilines is 2. The van der Waals surface area contributed by atoms with E-state index in [1.54, 1.807) is 45.2 Å². The predicted molar refractivity (Wildman–Crippen MR) is 104 cm³/mol. The second kappa shape index (κ2) is 7.38. The van der Waals surface area contributed by atoms with Crippen LogP contribution in [-0.4, -0.2) is 24.7 Å². The minimum Gasteiger partial charge on any atom is -0.494 e. The van der Waals surface area contributed by atoms with E-state index in [9.17, 15) is 9.90 Å². The van der Waals surface area contributed by atoms with Crippen molar-refractivity contribution >= 4 is 17.3 Å². The van der Waals surface area contributed by atoms with Gasteiger partial charge < -0.3 is 20.5 Å². The number of methoxy groups -OCH3 is 1. The highest BCUT2D eigenvalue weighted by Gasteiger charge is 2.18. The SMILES string of the molecule is COc1cc2c(cc1NC(=O)c1ccc(C(C)(C)O)cc1)CCCCN2. The normalized spacial score (nSPS) is 14.0. The molecule has 0 bridgehead atoms. The van der Waals surface area contributed by atoms with Gasteiger partial charge in [0.1, 0.15) is 5.75 Å². The van der Waals surface area contributed by atoms with Crippen LogP contribution in [0.2, 0.25) is 0 Å². The molecule has 0 saturated carbocycles. The van der Waals surface area contributed by atoms with Crippen LogP contribution in [0.1, 0.15) is 48.2 Å². The lowest BCUT2D eigenvalue weighted by Crippen LogP contribution is -2.17. The summed E-state index contributed by atoms with van der Waals surface area (Å²) in [5, 5.41) is 16.4. The Hall–Kier alpha value is -2.53. The summed E-state index contributed by atoms with van der Waals surface area (Å²) in [7, 11) is 1.60. The smallest absolute Gasteiger partial charge is 0.255 e. The standard InChI is InChI=1S/C21H26N2O3/c1-21(2,25)16-9-7-14(8-10-16)20(24)23-18-12-15-6-4-5-11-22-17(15)13-19(18)26-3/h7-10,12-13,22,25H,4-6,11H2,1-3H3,(H,23,24). The third-order valence-electron chi connectivity index (χ3n) is 4.72. The van der Waals surface area contributed by atoms with Crippen LogP contribution < -0.4 is 15.4 Å². The maximum Gasteiger partial charge on any atom is 0.255 e. The summed E-state index contributed by atoms with van der Waals surface area (Å²) in [5.41, 5.74) is 3.31. The fourth-order valence-electron chi connectivity index (χ4n) is 3.15. The molecule has 1 aliphatic rings. The maximum absolute atomic E-state index is 12.6. The predicted octanol–water partition coefficient (Wildman–Crippen LogP) is 3.92. The largest absolute Gasteiger partial charge is 0.494 e. The van der Waals surface area contributed by atoms with Crippen LogP contribution >= 0.6 is 0 Å². The molecule has 0 saturated heterocycles. The fourth-order valence-corrected chi connectivity index (χ4v) is 3.15. The van der Waals surface area contributed by atoms with Crippen molar-refractivity contribution in [1.82, 2.24) is 0 Å². The highest BCUT2D eigenvalue weighted by molar-refractivity contribution is 6.05. The molecular weight excluding hydrogens is 328 g/mol. The van der Waals surface area contributed by atoms with Crippen molar-refractivity contribution < 1.29 is 14.6 Å². The van der Waals surface area contributed by atoms with Crippen LogP contribution in [0.3, 0.4) is 0 Å². The highest BCUT2D eigenvalue weighted by Crippen LogP contribution is 2.34. The van der Waals surface area contributed by atoms with Crippen molar-refractivity contribution in [3.05, 3.63) is 53.1 Å². The lowest BCUT2D eigenvalue weighted by atomic mass is 9.97. The van der Waals surface area contributed by atoms with E-state index in [0.29, 0.717) is 17.0 Å². The maximum atomic E-state index is 12.6. The zero-order chi connectivity index (χ0) is 18.7. The number of ether oxygens (including phenoxy) is 1. The number of fused-ring (bicyclic) bond motifs is 1. The van der Waals surface area contributed by atoms with Crippen LogP contribution in [0.4, 0.5) is 11.4 Å². The molecule has 0 radical (unpaired) electrons. The lowest BCUT2D eigenvalue weighted by molar-refractivity contribution is 0.0785. The van der Waals surface area contributed by atoms with E-state index in [4.69, 9.17) is 4.74 Å². The van der Waals surface area contributed by atoms with E-state index in [1.807, 2.05) is 12.1 Å². The Morgan fingerprint density at radius 3 is 2.58 bits per heavy atom. The summed E-state index contributed by atoms with van der Waals surface area (Å²) in [6, 6.07) is 10.9. The number of benzene rings is 2. The number of nitrogens with one attached hydrogen (secondary N) is 2. The molecule has 26 heavy (non-hydrogen) atoms. The Bertz CT molecular complexity index is 792. The fraction of sp³-hybridized carbons (Fsp3) is 0.381. The quantitative estimate of drug-likeness (QED) is 0.778. The van der Waals surface area contributed by atoms with Gasteiger partial charge in [-0.3, -0.25) is 4.79 Å². The van der Waals surface area contributed by atoms with Crippen LogP contribution in [-0.2, 0) is 12.0 Å². The van der Waals surface area contributed by atoms with E-state index in [0.717, 1.165) is 37.1 Å². The summed E-state index contributed by atoms with van der Waals surface area (Å²) in [5.74, 6) is 0.437. The molecule has 0 fully saturated rings. The molecular formula is C21H26N2O3. The van der Waals surface area contributed by atoms with Gasteiger partial charge in [-0.25, -0.2) is 0 Å². The third-order valence-corrected chi connectivity index (χ3v) is 4.72. The van der Waals surface area contributed by atoms with Gasteiger partial charge in [0.15, 0.2) is 0 Å². The minimum absolute atomic E-state index is 0.202. The Balaban J connectivity index is 1.83. The van der Waals surface area contributed by atoms with Gasteiger partial charge in [-0.05, 0) is 62.4 Å². The molecule has 0 aromatic heterocycles. The van der Waals surface area contributed by atoms with Gasteiger partial charge in [-0.15, -0.1) is 0 Å². The average molecular weight is 354 g/mol. The Morgan fingerprint density at radius 1 is 1.19 bits per heavy atom. The van der Waals surface area contributed by atoms with Crippen molar-refractivity contribution in [2.45, 2.75) is 38.7 Å². The van der Waals surface area contributed by atoms with Crippen LogP contribution in [0, 0.1) is 0 Å². The van der Waals surface area contributed by atoms with Gasteiger partial charge in [0.2, 0.25) is 0 Å². The first-order valence-electron chi connectivity index (χ1n) is 8.97. The topological polar surface area (TPSA) is 70.6 Å². The molecule has 0 aliphatic carbocycles. The van der Waals surface area contributed by atoms with E-state index < -0.39 is 5.60 Å². The number of aryl methyl sites for hydroxylation is 1. The summed E-state index contributed by atoms with van der Waals surface area (Å²) < 4.78 is 5.47. The molecule has 0 atom stereocenters. The third kappa shape index (κ3) is 3.99. The summed E-state index contributed by atoms with van der Waals surface area (Å²) in [4.78, 5) is 12.6. The van der Waals surface area contributed by atoms with Crippen molar-refractivity contribution in [2.24, 2.45) is 0 Å². The number of aliphatic hydroxyl groups is 1. The second-order valence-electron chi connectivity index (χ2n) is 7.18. The average Bonchev–Trinajstić information content (AvgIpc) is 2.85. The molecule has 0 unspecified atom stereocenters. The van der Waals surface area contributed by atoms with Crippen molar-refractivity contribution in [3.8, 4) is 5.75 Å². The molecule has 5 heteroatoms. The number of rotatable bonds is 4. The van der Waals surface area contributed by atoms with Gasteiger partial charge in [0.05, 0.1) is 18.4 Å². The first-order chi connectivity index (χ1) is 12.4. The molecule has 0 spiro atoms. The molecule has 1 amide bonds. The van der Waals surface area contributed by atoms with Gasteiger partial charge in [-0.1, -0.05) is 12.1 Å². The zero-order valence-corrected chi connectivity index (χ0v) is 15.6. The van der Waals surface area contributed by atoms with E-state index in [2.05, 4.69) is 10.6 Å². The molecule has 3 N–H and O–H groups in total. The second-order valence-corrected chi connectivity index (χ2v) is 7.18. The molecule has 3 rings (SSSR count). The van der Waals surface area contributed by atoms with Crippen LogP contribution in [0.25, 0.3) is 0 Å². The number of amides is 1. The summed E-state index contributed by atoms with van der Waals surface area (Å²) in [6.07, 6.45) is 3.24. The van der Waals surface area contributed by atoms with Gasteiger partial charge in [0.25, 0.3) is 5.91 Å².